The lowest BCUT2D eigenvalue weighted by Gasteiger charge is -2.23. The molecule has 1 aromatic heterocycles. The molecule has 2 aromatic rings. The van der Waals surface area contributed by atoms with Crippen LogP contribution < -0.4 is 9.58 Å². The molecule has 1 aromatic carbocycles. The number of benzene rings is 1. The number of rotatable bonds is 5. The van der Waals surface area contributed by atoms with Crippen LogP contribution >= 0.6 is 0 Å². The second-order valence-electron chi connectivity index (χ2n) is 8.18. The Morgan fingerprint density at radius 2 is 1.97 bits per heavy atom. The lowest BCUT2D eigenvalue weighted by Crippen LogP contribution is -2.34. The molecule has 0 saturated heterocycles. The molecule has 0 amide bonds. The Balaban J connectivity index is 1.83. The predicted molar refractivity (Wildman–Crippen MR) is 118 cm³/mol. The summed E-state index contributed by atoms with van der Waals surface area (Å²) in [6.45, 7) is 7.34. The van der Waals surface area contributed by atoms with Crippen LogP contribution in [0.25, 0.3) is 0 Å². The molecule has 1 aliphatic heterocycles. The zero-order valence-corrected chi connectivity index (χ0v) is 17.9. The maximum absolute atomic E-state index is 12.3. The molecule has 0 fully saturated rings. The Hall–Kier alpha value is -3.74. The number of allylic oxidation sites excluding steroid dienone is 7. The summed E-state index contributed by atoms with van der Waals surface area (Å²) in [7, 11) is 0. The summed E-state index contributed by atoms with van der Waals surface area (Å²) in [5.74, 6) is -0.246. The number of aromatic nitrogens is 2. The fourth-order valence-electron chi connectivity index (χ4n) is 4.09. The molecule has 31 heavy (non-hydrogen) atoms. The second kappa shape index (κ2) is 7.83. The Morgan fingerprint density at radius 3 is 2.71 bits per heavy atom. The summed E-state index contributed by atoms with van der Waals surface area (Å²) in [5.41, 5.74) is 3.08. The topological polar surface area (TPSA) is 72.3 Å². The van der Waals surface area contributed by atoms with Crippen molar-refractivity contribution in [2.24, 2.45) is 0 Å². The first-order valence-corrected chi connectivity index (χ1v) is 10.3. The number of fused-ring (bicyclic) bond motifs is 1. The van der Waals surface area contributed by atoms with Crippen LogP contribution in [0.5, 0.6) is 0 Å². The first-order chi connectivity index (χ1) is 14.8. The lowest BCUT2D eigenvalue weighted by molar-refractivity contribution is -0.696. The third-order valence-corrected chi connectivity index (χ3v) is 5.69. The van der Waals surface area contributed by atoms with E-state index in [1.165, 1.54) is 23.8 Å². The van der Waals surface area contributed by atoms with Gasteiger partial charge in [0.05, 0.1) is 22.9 Å². The summed E-state index contributed by atoms with van der Waals surface area (Å²) >= 11 is 0. The third-order valence-electron chi connectivity index (χ3n) is 5.69. The highest BCUT2D eigenvalue weighted by Gasteiger charge is 2.43. The first kappa shape index (κ1) is 20.5. The summed E-state index contributed by atoms with van der Waals surface area (Å²) in [4.78, 5) is 22.9. The average Bonchev–Trinajstić information content (AvgIpc) is 3.28. The van der Waals surface area contributed by atoms with Crippen LogP contribution in [0.1, 0.15) is 32.8 Å². The van der Waals surface area contributed by atoms with E-state index in [-0.39, 0.29) is 16.9 Å². The van der Waals surface area contributed by atoms with Gasteiger partial charge in [0, 0.05) is 23.1 Å². The predicted octanol–water partition coefficient (Wildman–Crippen LogP) is 3.86. The Kier molecular flexibility index (Phi) is 5.19. The fraction of sp³-hybridized carbons (Fsp3) is 0.250. The van der Waals surface area contributed by atoms with Gasteiger partial charge < -0.3 is 0 Å². The van der Waals surface area contributed by atoms with Crippen molar-refractivity contribution in [2.45, 2.75) is 39.2 Å². The maximum atomic E-state index is 12.3. The summed E-state index contributed by atoms with van der Waals surface area (Å²) in [5, 5.41) is 13.3. The molecule has 4 rings (SSSR count). The van der Waals surface area contributed by atoms with Crippen LogP contribution in [0.3, 0.4) is 0 Å². The molecule has 1 aliphatic carbocycles. The molecular weight excluding hydrogens is 392 g/mol. The monoisotopic (exact) mass is 417 g/mol. The summed E-state index contributed by atoms with van der Waals surface area (Å²) < 4.78 is 4.17. The molecule has 0 spiro atoms. The van der Waals surface area contributed by atoms with Crippen LogP contribution in [0.15, 0.2) is 90.3 Å². The molecule has 7 heteroatoms. The van der Waals surface area contributed by atoms with Crippen molar-refractivity contribution in [1.82, 2.24) is 4.68 Å². The van der Waals surface area contributed by atoms with Crippen molar-refractivity contribution < 1.29 is 14.3 Å². The van der Waals surface area contributed by atoms with Crippen LogP contribution in [0.4, 0.5) is 5.69 Å². The molecule has 0 saturated carbocycles. The van der Waals surface area contributed by atoms with E-state index >= 15 is 0 Å². The molecule has 0 N–H and O–H groups in total. The molecule has 0 unspecified atom stereocenters. The zero-order valence-electron chi connectivity index (χ0n) is 17.9. The Labute approximate surface area is 181 Å². The van der Waals surface area contributed by atoms with Gasteiger partial charge in [0.25, 0.3) is 12.0 Å². The van der Waals surface area contributed by atoms with Gasteiger partial charge in [-0.05, 0) is 36.3 Å². The highest BCUT2D eigenvalue weighted by atomic mass is 16.6. The maximum Gasteiger partial charge on any atom is 0.270 e. The standard InChI is InChI=1S/C24H25N4O3/c1-4-13-25-14-15-26(17-25)27-21-8-6-5-7-20(21)24(2,3)23(27)12-9-18-16-19(28(30)31)10-11-22(18)29/h5-12,14-17H,4,13H2,1-3H3/q+1/b18-9-,23-12-. The van der Waals surface area contributed by atoms with E-state index in [0.717, 1.165) is 24.4 Å². The van der Waals surface area contributed by atoms with Gasteiger partial charge in [-0.1, -0.05) is 39.0 Å². The number of ketones is 1. The summed E-state index contributed by atoms with van der Waals surface area (Å²) in [6, 6.07) is 8.22. The van der Waals surface area contributed by atoms with E-state index in [1.807, 2.05) is 41.6 Å². The molecule has 0 radical (unpaired) electrons. The average molecular weight is 417 g/mol. The number of para-hydroxylation sites is 1. The van der Waals surface area contributed by atoms with Crippen LogP contribution in [-0.2, 0) is 16.8 Å². The number of carbonyl (C=O) groups is 1. The molecule has 2 aliphatic rings. The van der Waals surface area contributed by atoms with Gasteiger partial charge in [-0.3, -0.25) is 14.9 Å². The van der Waals surface area contributed by atoms with Gasteiger partial charge in [-0.15, -0.1) is 4.68 Å². The van der Waals surface area contributed by atoms with Crippen molar-refractivity contribution in [3.05, 3.63) is 106 Å². The number of aryl methyl sites for hydroxylation is 1. The van der Waals surface area contributed by atoms with Crippen molar-refractivity contribution in [3.8, 4) is 0 Å². The molecule has 0 bridgehead atoms. The van der Waals surface area contributed by atoms with Gasteiger partial charge in [-0.2, -0.15) is 5.01 Å². The summed E-state index contributed by atoms with van der Waals surface area (Å²) in [6.07, 6.45) is 14.5. The molecular formula is C24H25N4O3+. The van der Waals surface area contributed by atoms with Crippen LogP contribution in [-0.4, -0.2) is 15.4 Å². The highest BCUT2D eigenvalue weighted by Crippen LogP contribution is 2.47. The quantitative estimate of drug-likeness (QED) is 0.321. The minimum atomic E-state index is -0.488. The SMILES string of the molecule is CCC[n+]1ccn(N2/C(=C\C=C3\C=C([N+](=O)[O-])C=CC3=O)C(C)(C)c3ccccc32)c1. The van der Waals surface area contributed by atoms with Crippen LogP contribution in [0.2, 0.25) is 0 Å². The van der Waals surface area contributed by atoms with Crippen molar-refractivity contribution in [2.75, 3.05) is 5.01 Å². The number of nitro groups is 1. The number of anilines is 1. The van der Waals surface area contributed by atoms with Gasteiger partial charge in [0.15, 0.2) is 12.0 Å². The normalized spacial score (nSPS) is 19.8. The number of nitrogens with zero attached hydrogens (tertiary/aromatic N) is 4. The first-order valence-electron chi connectivity index (χ1n) is 10.3. The largest absolute Gasteiger partial charge is 0.289 e. The van der Waals surface area contributed by atoms with Crippen molar-refractivity contribution in [1.29, 1.82) is 0 Å². The number of hydrogen-bond acceptors (Lipinski definition) is 4. The van der Waals surface area contributed by atoms with E-state index in [4.69, 9.17) is 0 Å². The third kappa shape index (κ3) is 3.63. The van der Waals surface area contributed by atoms with Crippen molar-refractivity contribution >= 4 is 11.5 Å². The van der Waals surface area contributed by atoms with E-state index < -0.39 is 4.92 Å². The van der Waals surface area contributed by atoms with E-state index in [1.54, 1.807) is 6.08 Å². The van der Waals surface area contributed by atoms with Gasteiger partial charge in [-0.25, -0.2) is 4.57 Å². The van der Waals surface area contributed by atoms with E-state index in [0.29, 0.717) is 5.57 Å². The molecule has 0 atom stereocenters. The smallest absolute Gasteiger partial charge is 0.270 e. The second-order valence-corrected chi connectivity index (χ2v) is 8.18. The number of hydrogen-bond donors (Lipinski definition) is 0. The van der Waals surface area contributed by atoms with Gasteiger partial charge in [0.2, 0.25) is 0 Å². The number of carbonyl (C=O) groups excluding carboxylic acids is 1. The zero-order chi connectivity index (χ0) is 22.2. The molecule has 2 heterocycles. The van der Waals surface area contributed by atoms with Crippen LogP contribution in [0, 0.1) is 10.1 Å². The Bertz CT molecular complexity index is 1180. The van der Waals surface area contributed by atoms with E-state index in [2.05, 4.69) is 42.5 Å². The molecule has 7 nitrogen and oxygen atoms in total. The number of imidazole rings is 1. The highest BCUT2D eigenvalue weighted by molar-refractivity contribution is 6.07. The van der Waals surface area contributed by atoms with Crippen molar-refractivity contribution in [3.63, 3.8) is 0 Å². The van der Waals surface area contributed by atoms with E-state index in [9.17, 15) is 14.9 Å². The Morgan fingerprint density at radius 1 is 1.19 bits per heavy atom. The fourth-order valence-corrected chi connectivity index (χ4v) is 4.09. The van der Waals surface area contributed by atoms with Gasteiger partial charge >= 0.3 is 0 Å². The minimum Gasteiger partial charge on any atom is -0.289 e. The lowest BCUT2D eigenvalue weighted by atomic mass is 9.83. The molecule has 158 valence electrons. The van der Waals surface area contributed by atoms with Gasteiger partial charge in [0.1, 0.15) is 6.20 Å². The minimum absolute atomic E-state index is 0.0962.